The van der Waals surface area contributed by atoms with E-state index in [1.54, 1.807) is 0 Å². The number of ether oxygens (including phenoxy) is 1. The lowest BCUT2D eigenvalue weighted by molar-refractivity contribution is -0.0175. The summed E-state index contributed by atoms with van der Waals surface area (Å²) in [6.45, 7) is 5.03. The zero-order valence-electron chi connectivity index (χ0n) is 10.4. The lowest BCUT2D eigenvalue weighted by Crippen LogP contribution is -2.43. The highest BCUT2D eigenvalue weighted by molar-refractivity contribution is 5.57. The van der Waals surface area contributed by atoms with Crippen molar-refractivity contribution in [2.45, 2.75) is 32.0 Å². The first-order valence-electron chi connectivity index (χ1n) is 5.95. The lowest BCUT2D eigenvalue weighted by atomic mass is 9.96. The predicted octanol–water partition coefficient (Wildman–Crippen LogP) is 1.53. The molecule has 4 N–H and O–H groups in total. The molecule has 0 aliphatic carbocycles. The van der Waals surface area contributed by atoms with Gasteiger partial charge in [-0.1, -0.05) is 0 Å². The Bertz CT molecular complexity index is 408. The Balaban J connectivity index is 2.02. The van der Waals surface area contributed by atoms with Crippen molar-refractivity contribution in [2.24, 2.45) is 0 Å². The van der Waals surface area contributed by atoms with Crippen molar-refractivity contribution in [2.75, 3.05) is 24.2 Å². The molecule has 1 aliphatic rings. The molecule has 1 fully saturated rings. The molecule has 0 aromatic heterocycles. The van der Waals surface area contributed by atoms with E-state index in [1.165, 1.54) is 0 Å². The number of benzene rings is 1. The summed E-state index contributed by atoms with van der Waals surface area (Å²) in [6, 6.07) is 5.71. The number of nitrogen functional groups attached to an aromatic ring is 1. The van der Waals surface area contributed by atoms with Crippen LogP contribution in [0.15, 0.2) is 18.2 Å². The lowest BCUT2D eigenvalue weighted by Gasteiger charge is -2.27. The van der Waals surface area contributed by atoms with Crippen molar-refractivity contribution in [3.8, 4) is 0 Å². The van der Waals surface area contributed by atoms with E-state index in [-0.39, 0.29) is 6.10 Å². The van der Waals surface area contributed by atoms with Crippen LogP contribution in [0, 0.1) is 6.92 Å². The highest BCUT2D eigenvalue weighted by atomic mass is 16.5. The second-order valence-electron chi connectivity index (χ2n) is 4.79. The Kier molecular flexibility index (Phi) is 3.26. The van der Waals surface area contributed by atoms with E-state index in [9.17, 15) is 5.11 Å². The Morgan fingerprint density at radius 3 is 2.94 bits per heavy atom. The maximum absolute atomic E-state index is 10.4. The zero-order chi connectivity index (χ0) is 12.5. The van der Waals surface area contributed by atoms with Gasteiger partial charge in [-0.3, -0.25) is 0 Å². The van der Waals surface area contributed by atoms with Gasteiger partial charge in [0.1, 0.15) is 5.60 Å². The van der Waals surface area contributed by atoms with Crippen LogP contribution in [0.5, 0.6) is 0 Å². The Morgan fingerprint density at radius 2 is 2.35 bits per heavy atom. The molecule has 1 saturated heterocycles. The zero-order valence-corrected chi connectivity index (χ0v) is 10.4. The van der Waals surface area contributed by atoms with Crippen LogP contribution in [0.25, 0.3) is 0 Å². The van der Waals surface area contributed by atoms with Crippen molar-refractivity contribution >= 4 is 11.4 Å². The molecule has 1 heterocycles. The standard InChI is InChI=1S/C13H20N2O2/c1-9-7-11(14)3-4-12(9)15-8-13(16)5-6-17-10(13)2/h3-4,7,10,15-16H,5-6,8,14H2,1-2H3. The number of anilines is 2. The van der Waals surface area contributed by atoms with Crippen LogP contribution < -0.4 is 11.1 Å². The fourth-order valence-corrected chi connectivity index (χ4v) is 2.14. The molecular formula is C13H20N2O2. The fraction of sp³-hybridized carbons (Fsp3) is 0.538. The summed E-state index contributed by atoms with van der Waals surface area (Å²) in [5.74, 6) is 0. The molecular weight excluding hydrogens is 216 g/mol. The molecule has 17 heavy (non-hydrogen) atoms. The summed E-state index contributed by atoms with van der Waals surface area (Å²) < 4.78 is 5.40. The molecule has 1 aliphatic heterocycles. The fourth-order valence-electron chi connectivity index (χ4n) is 2.14. The van der Waals surface area contributed by atoms with Crippen molar-refractivity contribution in [3.05, 3.63) is 23.8 Å². The maximum atomic E-state index is 10.4. The van der Waals surface area contributed by atoms with Crippen LogP contribution in [0.1, 0.15) is 18.9 Å². The van der Waals surface area contributed by atoms with Gasteiger partial charge in [0, 0.05) is 30.9 Å². The van der Waals surface area contributed by atoms with Gasteiger partial charge in [-0.05, 0) is 37.6 Å². The number of hydrogen-bond acceptors (Lipinski definition) is 4. The average Bonchev–Trinajstić information content (AvgIpc) is 2.59. The molecule has 0 amide bonds. The van der Waals surface area contributed by atoms with Gasteiger partial charge in [0.15, 0.2) is 0 Å². The summed E-state index contributed by atoms with van der Waals surface area (Å²) in [5.41, 5.74) is 7.77. The van der Waals surface area contributed by atoms with Gasteiger partial charge in [0.25, 0.3) is 0 Å². The summed E-state index contributed by atoms with van der Waals surface area (Å²) in [4.78, 5) is 0. The van der Waals surface area contributed by atoms with Crippen molar-refractivity contribution in [3.63, 3.8) is 0 Å². The second-order valence-corrected chi connectivity index (χ2v) is 4.79. The van der Waals surface area contributed by atoms with Gasteiger partial charge >= 0.3 is 0 Å². The molecule has 0 radical (unpaired) electrons. The number of hydrogen-bond donors (Lipinski definition) is 3. The molecule has 2 rings (SSSR count). The smallest absolute Gasteiger partial charge is 0.110 e. The van der Waals surface area contributed by atoms with Crippen LogP contribution >= 0.6 is 0 Å². The first kappa shape index (κ1) is 12.2. The highest BCUT2D eigenvalue weighted by Crippen LogP contribution is 2.27. The van der Waals surface area contributed by atoms with Gasteiger partial charge in [-0.15, -0.1) is 0 Å². The minimum Gasteiger partial charge on any atom is -0.399 e. The third-order valence-corrected chi connectivity index (χ3v) is 3.49. The van der Waals surface area contributed by atoms with Crippen molar-refractivity contribution < 1.29 is 9.84 Å². The van der Waals surface area contributed by atoms with E-state index >= 15 is 0 Å². The molecule has 0 saturated carbocycles. The van der Waals surface area contributed by atoms with Crippen LogP contribution in [0.3, 0.4) is 0 Å². The average molecular weight is 236 g/mol. The van der Waals surface area contributed by atoms with Gasteiger partial charge in [-0.25, -0.2) is 0 Å². The maximum Gasteiger partial charge on any atom is 0.110 e. The number of rotatable bonds is 3. The predicted molar refractivity (Wildman–Crippen MR) is 69.1 cm³/mol. The molecule has 4 nitrogen and oxygen atoms in total. The van der Waals surface area contributed by atoms with Crippen LogP contribution in [-0.2, 0) is 4.74 Å². The van der Waals surface area contributed by atoms with Crippen LogP contribution in [0.2, 0.25) is 0 Å². The van der Waals surface area contributed by atoms with E-state index < -0.39 is 5.60 Å². The monoisotopic (exact) mass is 236 g/mol. The minimum atomic E-state index is -0.770. The number of aryl methyl sites for hydroxylation is 1. The molecule has 4 heteroatoms. The quantitative estimate of drug-likeness (QED) is 0.696. The summed E-state index contributed by atoms with van der Waals surface area (Å²) >= 11 is 0. The van der Waals surface area contributed by atoms with E-state index in [2.05, 4.69) is 5.32 Å². The second kappa shape index (κ2) is 4.55. The molecule has 1 aromatic rings. The number of aliphatic hydroxyl groups is 1. The Labute approximate surface area is 102 Å². The molecule has 2 atom stereocenters. The first-order valence-corrected chi connectivity index (χ1v) is 5.95. The molecule has 2 unspecified atom stereocenters. The van der Waals surface area contributed by atoms with Crippen LogP contribution in [-0.4, -0.2) is 30.0 Å². The topological polar surface area (TPSA) is 67.5 Å². The normalized spacial score (nSPS) is 28.3. The summed E-state index contributed by atoms with van der Waals surface area (Å²) in [6.07, 6.45) is 0.555. The SMILES string of the molecule is Cc1cc(N)ccc1NCC1(O)CCOC1C. The summed E-state index contributed by atoms with van der Waals surface area (Å²) in [5, 5.41) is 13.6. The molecule has 0 bridgehead atoms. The first-order chi connectivity index (χ1) is 8.01. The summed E-state index contributed by atoms with van der Waals surface area (Å²) in [7, 11) is 0. The van der Waals surface area contributed by atoms with E-state index in [4.69, 9.17) is 10.5 Å². The van der Waals surface area contributed by atoms with E-state index in [0.29, 0.717) is 19.6 Å². The Morgan fingerprint density at radius 1 is 1.59 bits per heavy atom. The molecule has 1 aromatic carbocycles. The van der Waals surface area contributed by atoms with Gasteiger partial charge < -0.3 is 20.9 Å². The van der Waals surface area contributed by atoms with Gasteiger partial charge in [-0.2, -0.15) is 0 Å². The number of nitrogens with two attached hydrogens (primary N) is 1. The van der Waals surface area contributed by atoms with Crippen molar-refractivity contribution in [1.29, 1.82) is 0 Å². The van der Waals surface area contributed by atoms with Crippen molar-refractivity contribution in [1.82, 2.24) is 0 Å². The third-order valence-electron chi connectivity index (χ3n) is 3.49. The van der Waals surface area contributed by atoms with Gasteiger partial charge in [0.2, 0.25) is 0 Å². The highest BCUT2D eigenvalue weighted by Gasteiger charge is 2.39. The largest absolute Gasteiger partial charge is 0.399 e. The minimum absolute atomic E-state index is 0.121. The van der Waals surface area contributed by atoms with E-state index in [0.717, 1.165) is 16.9 Å². The Hall–Kier alpha value is -1.26. The molecule has 0 spiro atoms. The van der Waals surface area contributed by atoms with E-state index in [1.807, 2.05) is 32.0 Å². The van der Waals surface area contributed by atoms with Gasteiger partial charge in [0.05, 0.1) is 6.10 Å². The molecule has 94 valence electrons. The van der Waals surface area contributed by atoms with Crippen LogP contribution in [0.4, 0.5) is 11.4 Å². The number of nitrogens with one attached hydrogen (secondary N) is 1. The third kappa shape index (κ3) is 2.53.